The van der Waals surface area contributed by atoms with Gasteiger partial charge in [0.25, 0.3) is 5.91 Å². The highest BCUT2D eigenvalue weighted by Crippen LogP contribution is 2.41. The molecule has 1 unspecified atom stereocenters. The molecule has 0 bridgehead atoms. The Bertz CT molecular complexity index is 1370. The number of nitrogens with zero attached hydrogens (tertiary/aromatic N) is 2. The molecule has 38 heavy (non-hydrogen) atoms. The Morgan fingerprint density at radius 3 is 2.58 bits per heavy atom. The van der Waals surface area contributed by atoms with Crippen molar-refractivity contribution in [1.29, 1.82) is 0 Å². The highest BCUT2D eigenvalue weighted by Gasteiger charge is 2.44. The first-order valence-electron chi connectivity index (χ1n) is 12.7. The molecular weight excluding hydrogens is 508 g/mol. The van der Waals surface area contributed by atoms with Gasteiger partial charge in [-0.15, -0.1) is 0 Å². The molecular formula is C29H33ClN2O6. The number of aliphatic hydroxyl groups is 1. The van der Waals surface area contributed by atoms with Gasteiger partial charge >= 0.3 is 0 Å². The number of carbonyl (C=O) groups excluding carboxylic acids is 2. The quantitative estimate of drug-likeness (QED) is 0.307. The number of rotatable bonds is 11. The summed E-state index contributed by atoms with van der Waals surface area (Å²) in [7, 11) is 1.48. The number of Topliss-reactive ketones (excluding diaryl/α,β-unsaturated/α-hetero) is 1. The average Bonchev–Trinajstić information content (AvgIpc) is 3.42. The summed E-state index contributed by atoms with van der Waals surface area (Å²) in [5.74, 6) is -0.813. The van der Waals surface area contributed by atoms with Gasteiger partial charge in [0.2, 0.25) is 5.78 Å². The molecule has 1 amide bonds. The van der Waals surface area contributed by atoms with Crippen LogP contribution in [0.1, 0.15) is 49.9 Å². The first-order chi connectivity index (χ1) is 18.2. The summed E-state index contributed by atoms with van der Waals surface area (Å²) in [6, 6.07) is 11.2. The molecule has 9 heteroatoms. The zero-order valence-electron chi connectivity index (χ0n) is 22.3. The number of likely N-dealkylation sites (N-methyl/N-ethyl adjacent to an activating group) is 1. The third-order valence-corrected chi connectivity index (χ3v) is 6.85. The van der Waals surface area contributed by atoms with Crippen molar-refractivity contribution in [2.24, 2.45) is 0 Å². The zero-order chi connectivity index (χ0) is 27.6. The van der Waals surface area contributed by atoms with E-state index in [-0.39, 0.29) is 17.4 Å². The van der Waals surface area contributed by atoms with Gasteiger partial charge in [-0.3, -0.25) is 9.59 Å². The summed E-state index contributed by atoms with van der Waals surface area (Å²) in [5.41, 5.74) is 0.965. The fourth-order valence-electron chi connectivity index (χ4n) is 4.76. The summed E-state index contributed by atoms with van der Waals surface area (Å²) in [6.45, 7) is 10.5. The Morgan fingerprint density at radius 2 is 1.92 bits per heavy atom. The molecule has 0 spiro atoms. The average molecular weight is 541 g/mol. The van der Waals surface area contributed by atoms with E-state index in [0.717, 1.165) is 13.1 Å². The van der Waals surface area contributed by atoms with Gasteiger partial charge < -0.3 is 28.8 Å². The number of amides is 1. The van der Waals surface area contributed by atoms with Crippen LogP contribution in [0.5, 0.6) is 11.5 Å². The van der Waals surface area contributed by atoms with Gasteiger partial charge in [0.05, 0.1) is 24.8 Å². The third-order valence-electron chi connectivity index (χ3n) is 6.64. The fourth-order valence-corrected chi connectivity index (χ4v) is 4.98. The number of halogens is 1. The van der Waals surface area contributed by atoms with Crippen molar-refractivity contribution in [2.75, 3.05) is 33.3 Å². The van der Waals surface area contributed by atoms with Gasteiger partial charge in [-0.2, -0.15) is 0 Å². The maximum Gasteiger partial charge on any atom is 0.290 e. The van der Waals surface area contributed by atoms with Crippen LogP contribution < -0.4 is 9.47 Å². The van der Waals surface area contributed by atoms with Gasteiger partial charge in [0, 0.05) is 29.6 Å². The van der Waals surface area contributed by atoms with E-state index in [1.54, 1.807) is 24.3 Å². The monoisotopic (exact) mass is 540 g/mol. The smallest absolute Gasteiger partial charge is 0.290 e. The van der Waals surface area contributed by atoms with Crippen LogP contribution >= 0.6 is 11.6 Å². The molecule has 1 atom stereocenters. The Labute approximate surface area is 227 Å². The number of ketones is 1. The number of methoxy groups -OCH3 is 1. The summed E-state index contributed by atoms with van der Waals surface area (Å²) in [6.07, 6.45) is -0.0587. The summed E-state index contributed by atoms with van der Waals surface area (Å²) in [5, 5.41) is 12.0. The number of hydrogen-bond donors (Lipinski definition) is 1. The van der Waals surface area contributed by atoms with Crippen molar-refractivity contribution in [3.05, 3.63) is 70.1 Å². The SMILES string of the molecule is CCN(CC)CCN1C(=O)C(O)=C(C(=O)c2cc3cc(Cl)cc(OC)c3o2)C1c1cccc(OC(C)C)c1. The van der Waals surface area contributed by atoms with Crippen LogP contribution in [-0.4, -0.2) is 66.0 Å². The van der Waals surface area contributed by atoms with Gasteiger partial charge in [0.15, 0.2) is 22.9 Å². The van der Waals surface area contributed by atoms with E-state index in [0.29, 0.717) is 46.1 Å². The van der Waals surface area contributed by atoms with E-state index in [2.05, 4.69) is 4.90 Å². The molecule has 202 valence electrons. The fraction of sp³-hybridized carbons (Fsp3) is 0.379. The van der Waals surface area contributed by atoms with Crippen LogP contribution in [0.25, 0.3) is 11.0 Å². The lowest BCUT2D eigenvalue weighted by atomic mass is 9.94. The van der Waals surface area contributed by atoms with Crippen molar-refractivity contribution < 1.29 is 28.6 Å². The standard InChI is InChI=1S/C29H33ClN2O6/c1-6-31(7-2)11-12-32-25(18-9-8-10-21(14-18)37-17(3)4)24(27(34)29(32)35)26(33)22-15-19-13-20(30)16-23(36-5)28(19)38-22/h8-10,13-17,25,34H,6-7,11-12H2,1-5H3. The number of fused-ring (bicyclic) bond motifs is 1. The molecule has 0 fully saturated rings. The van der Waals surface area contributed by atoms with Gasteiger partial charge in [0.1, 0.15) is 5.75 Å². The molecule has 0 aliphatic carbocycles. The molecule has 0 saturated carbocycles. The van der Waals surface area contributed by atoms with Crippen LogP contribution in [0.4, 0.5) is 0 Å². The Balaban J connectivity index is 1.79. The Kier molecular flexibility index (Phi) is 8.33. The van der Waals surface area contributed by atoms with Crippen LogP contribution in [0, 0.1) is 0 Å². The largest absolute Gasteiger partial charge is 0.503 e. The molecule has 4 rings (SSSR count). The molecule has 2 heterocycles. The van der Waals surface area contributed by atoms with E-state index in [1.807, 2.05) is 45.9 Å². The molecule has 8 nitrogen and oxygen atoms in total. The second-order valence-electron chi connectivity index (χ2n) is 9.40. The number of ether oxygens (including phenoxy) is 2. The molecule has 1 aromatic heterocycles. The first-order valence-corrected chi connectivity index (χ1v) is 13.1. The highest BCUT2D eigenvalue weighted by molar-refractivity contribution is 6.31. The van der Waals surface area contributed by atoms with Crippen LogP contribution in [-0.2, 0) is 4.79 Å². The Hall–Kier alpha value is -3.49. The second-order valence-corrected chi connectivity index (χ2v) is 9.83. The maximum absolute atomic E-state index is 13.9. The molecule has 0 radical (unpaired) electrons. The predicted octanol–water partition coefficient (Wildman–Crippen LogP) is 5.80. The molecule has 3 aromatic rings. The van der Waals surface area contributed by atoms with Crippen LogP contribution in [0.2, 0.25) is 5.02 Å². The van der Waals surface area contributed by atoms with Gasteiger partial charge in [-0.25, -0.2) is 0 Å². The lowest BCUT2D eigenvalue weighted by Gasteiger charge is -2.29. The molecule has 1 N–H and O–H groups in total. The van der Waals surface area contributed by atoms with Crippen molar-refractivity contribution in [3.63, 3.8) is 0 Å². The summed E-state index contributed by atoms with van der Waals surface area (Å²) in [4.78, 5) is 31.0. The van der Waals surface area contributed by atoms with E-state index in [4.69, 9.17) is 25.5 Å². The first kappa shape index (κ1) is 27.5. The van der Waals surface area contributed by atoms with Gasteiger partial charge in [-0.1, -0.05) is 37.6 Å². The van der Waals surface area contributed by atoms with E-state index < -0.39 is 23.5 Å². The van der Waals surface area contributed by atoms with Crippen molar-refractivity contribution >= 4 is 34.3 Å². The number of aliphatic hydroxyl groups excluding tert-OH is 1. The number of hydrogen-bond acceptors (Lipinski definition) is 7. The predicted molar refractivity (Wildman–Crippen MR) is 146 cm³/mol. The second kappa shape index (κ2) is 11.5. The molecule has 0 saturated heterocycles. The summed E-state index contributed by atoms with van der Waals surface area (Å²) >= 11 is 6.19. The maximum atomic E-state index is 13.9. The van der Waals surface area contributed by atoms with E-state index in [9.17, 15) is 14.7 Å². The number of carbonyl (C=O) groups is 2. The van der Waals surface area contributed by atoms with E-state index in [1.165, 1.54) is 12.0 Å². The lowest BCUT2D eigenvalue weighted by molar-refractivity contribution is -0.129. The van der Waals surface area contributed by atoms with Gasteiger partial charge in [-0.05, 0) is 56.8 Å². The number of benzene rings is 2. The highest BCUT2D eigenvalue weighted by atomic mass is 35.5. The Morgan fingerprint density at radius 1 is 1.18 bits per heavy atom. The van der Waals surface area contributed by atoms with E-state index >= 15 is 0 Å². The lowest BCUT2D eigenvalue weighted by Crippen LogP contribution is -2.38. The third kappa shape index (κ3) is 5.37. The minimum Gasteiger partial charge on any atom is -0.503 e. The van der Waals surface area contributed by atoms with Crippen molar-refractivity contribution in [3.8, 4) is 11.5 Å². The molecule has 2 aromatic carbocycles. The zero-order valence-corrected chi connectivity index (χ0v) is 23.0. The van der Waals surface area contributed by atoms with Crippen molar-refractivity contribution in [2.45, 2.75) is 39.8 Å². The molecule has 1 aliphatic heterocycles. The van der Waals surface area contributed by atoms with Crippen LogP contribution in [0.15, 0.2) is 58.2 Å². The normalized spacial score (nSPS) is 15.8. The molecule has 1 aliphatic rings. The van der Waals surface area contributed by atoms with Crippen molar-refractivity contribution in [1.82, 2.24) is 9.80 Å². The van der Waals surface area contributed by atoms with Crippen LogP contribution in [0.3, 0.4) is 0 Å². The summed E-state index contributed by atoms with van der Waals surface area (Å²) < 4.78 is 17.1. The topological polar surface area (TPSA) is 92.5 Å². The minimum absolute atomic E-state index is 0.0277. The number of furan rings is 1. The minimum atomic E-state index is -0.819.